The van der Waals surface area contributed by atoms with Crippen LogP contribution in [0.2, 0.25) is 0 Å². The van der Waals surface area contributed by atoms with E-state index in [0.717, 1.165) is 5.56 Å². The quantitative estimate of drug-likeness (QED) is 0.682. The van der Waals surface area contributed by atoms with Crippen LogP contribution in [0, 0.1) is 17.0 Å². The predicted octanol–water partition coefficient (Wildman–Crippen LogP) is 3.35. The molecule has 0 spiro atoms. The van der Waals surface area contributed by atoms with Crippen LogP contribution in [0.15, 0.2) is 34.9 Å². The first-order chi connectivity index (χ1) is 9.51. The van der Waals surface area contributed by atoms with Gasteiger partial charge in [0.25, 0.3) is 5.69 Å². The number of non-ortho nitro benzene ring substituents is 1. The Balaban J connectivity index is 2.34. The van der Waals surface area contributed by atoms with Crippen molar-refractivity contribution in [1.82, 2.24) is 4.98 Å². The first kappa shape index (κ1) is 14.4. The third-order valence-electron chi connectivity index (χ3n) is 2.60. The molecule has 0 amide bonds. The summed E-state index contributed by atoms with van der Waals surface area (Å²) in [6.07, 6.45) is 1.49. The molecule has 0 atom stereocenters. The van der Waals surface area contributed by atoms with E-state index >= 15 is 0 Å². The Bertz CT molecular complexity index is 661. The van der Waals surface area contributed by atoms with Gasteiger partial charge in [0, 0.05) is 17.8 Å². The molecule has 1 aromatic heterocycles. The molecule has 104 valence electrons. The summed E-state index contributed by atoms with van der Waals surface area (Å²) in [5.74, 6) is 0.648. The molecular weight excluding hydrogens is 328 g/mol. The van der Waals surface area contributed by atoms with Crippen molar-refractivity contribution in [3.8, 4) is 11.6 Å². The summed E-state index contributed by atoms with van der Waals surface area (Å²) in [5, 5.41) is 19.8. The molecular formula is C13H11BrN2O4. The number of aromatic nitrogens is 1. The normalized spacial score (nSPS) is 10.3. The number of aliphatic hydroxyl groups excluding tert-OH is 1. The van der Waals surface area contributed by atoms with Crippen molar-refractivity contribution in [1.29, 1.82) is 0 Å². The number of ether oxygens (including phenoxy) is 1. The van der Waals surface area contributed by atoms with Crippen LogP contribution >= 0.6 is 15.9 Å². The minimum atomic E-state index is -0.492. The monoisotopic (exact) mass is 338 g/mol. The van der Waals surface area contributed by atoms with Gasteiger partial charge in [-0.05, 0) is 40.5 Å². The van der Waals surface area contributed by atoms with Crippen LogP contribution in [0.3, 0.4) is 0 Å². The highest BCUT2D eigenvalue weighted by molar-refractivity contribution is 9.10. The second-order valence-electron chi connectivity index (χ2n) is 4.10. The van der Waals surface area contributed by atoms with Gasteiger partial charge in [-0.1, -0.05) is 0 Å². The van der Waals surface area contributed by atoms with E-state index in [1.54, 1.807) is 19.1 Å². The van der Waals surface area contributed by atoms with Crippen LogP contribution < -0.4 is 4.74 Å². The summed E-state index contributed by atoms with van der Waals surface area (Å²) in [5.41, 5.74) is 1.34. The van der Waals surface area contributed by atoms with Crippen molar-refractivity contribution in [3.63, 3.8) is 0 Å². The van der Waals surface area contributed by atoms with E-state index in [1.165, 1.54) is 18.3 Å². The zero-order chi connectivity index (χ0) is 14.7. The molecule has 1 heterocycles. The number of aryl methyl sites for hydroxylation is 1. The van der Waals surface area contributed by atoms with Gasteiger partial charge in [0.05, 0.1) is 22.1 Å². The van der Waals surface area contributed by atoms with Crippen LogP contribution in [-0.2, 0) is 6.61 Å². The standard InChI is InChI=1S/C13H11BrN2O4/c1-8-4-9(7-17)6-15-13(8)20-12-5-10(16(18)19)2-3-11(12)14/h2-6,17H,7H2,1H3. The minimum absolute atomic E-state index is 0.0622. The number of aliphatic hydroxyl groups is 1. The van der Waals surface area contributed by atoms with Gasteiger partial charge in [0.15, 0.2) is 5.75 Å². The number of nitrogens with zero attached hydrogens (tertiary/aromatic N) is 2. The van der Waals surface area contributed by atoms with Crippen molar-refractivity contribution in [2.75, 3.05) is 0 Å². The van der Waals surface area contributed by atoms with Crippen molar-refractivity contribution in [3.05, 3.63) is 56.2 Å². The first-order valence-corrected chi connectivity index (χ1v) is 6.48. The number of benzene rings is 1. The number of nitro benzene ring substituents is 1. The molecule has 2 aromatic rings. The third-order valence-corrected chi connectivity index (χ3v) is 3.26. The Morgan fingerprint density at radius 3 is 2.80 bits per heavy atom. The molecule has 6 nitrogen and oxygen atoms in total. The van der Waals surface area contributed by atoms with Crippen molar-refractivity contribution >= 4 is 21.6 Å². The number of halogens is 1. The summed E-state index contributed by atoms with van der Waals surface area (Å²) < 4.78 is 6.18. The number of nitro groups is 1. The molecule has 0 fully saturated rings. The number of hydrogen-bond acceptors (Lipinski definition) is 5. The molecule has 20 heavy (non-hydrogen) atoms. The molecule has 0 bridgehead atoms. The fourth-order valence-corrected chi connectivity index (χ4v) is 1.93. The van der Waals surface area contributed by atoms with Crippen molar-refractivity contribution in [2.24, 2.45) is 0 Å². The Morgan fingerprint density at radius 2 is 2.20 bits per heavy atom. The Kier molecular flexibility index (Phi) is 4.31. The van der Waals surface area contributed by atoms with Gasteiger partial charge in [0.1, 0.15) is 0 Å². The molecule has 1 aromatic carbocycles. The van der Waals surface area contributed by atoms with Gasteiger partial charge in [-0.3, -0.25) is 10.1 Å². The zero-order valence-electron chi connectivity index (χ0n) is 10.5. The lowest BCUT2D eigenvalue weighted by Crippen LogP contribution is -1.96. The second-order valence-corrected chi connectivity index (χ2v) is 4.95. The van der Waals surface area contributed by atoms with Gasteiger partial charge in [-0.15, -0.1) is 0 Å². The smallest absolute Gasteiger partial charge is 0.273 e. The van der Waals surface area contributed by atoms with Crippen molar-refractivity contribution < 1.29 is 14.8 Å². The van der Waals surface area contributed by atoms with Crippen molar-refractivity contribution in [2.45, 2.75) is 13.5 Å². The average molecular weight is 339 g/mol. The molecule has 7 heteroatoms. The molecule has 0 unspecified atom stereocenters. The van der Waals surface area contributed by atoms with E-state index in [4.69, 9.17) is 9.84 Å². The van der Waals surface area contributed by atoms with E-state index in [2.05, 4.69) is 20.9 Å². The zero-order valence-corrected chi connectivity index (χ0v) is 12.1. The highest BCUT2D eigenvalue weighted by Crippen LogP contribution is 2.33. The van der Waals surface area contributed by atoms with E-state index < -0.39 is 4.92 Å². The molecule has 1 N–H and O–H groups in total. The molecule has 0 saturated heterocycles. The lowest BCUT2D eigenvalue weighted by atomic mass is 10.2. The van der Waals surface area contributed by atoms with Gasteiger partial charge in [0.2, 0.25) is 5.88 Å². The molecule has 0 radical (unpaired) electrons. The van der Waals surface area contributed by atoms with Gasteiger partial charge >= 0.3 is 0 Å². The van der Waals surface area contributed by atoms with Crippen LogP contribution in [0.5, 0.6) is 11.6 Å². The van der Waals surface area contributed by atoms with Gasteiger partial charge in [-0.25, -0.2) is 4.98 Å². The Labute approximate surface area is 123 Å². The van der Waals surface area contributed by atoms with E-state index in [9.17, 15) is 10.1 Å². The molecule has 0 saturated carbocycles. The summed E-state index contributed by atoms with van der Waals surface area (Å²) in [6.45, 7) is 1.68. The Hall–Kier alpha value is -1.99. The van der Waals surface area contributed by atoms with E-state index in [1.807, 2.05) is 0 Å². The maximum atomic E-state index is 10.8. The largest absolute Gasteiger partial charge is 0.437 e. The first-order valence-electron chi connectivity index (χ1n) is 5.69. The number of pyridine rings is 1. The summed E-state index contributed by atoms with van der Waals surface area (Å²) in [7, 11) is 0. The van der Waals surface area contributed by atoms with Crippen LogP contribution in [0.25, 0.3) is 0 Å². The van der Waals surface area contributed by atoms with Gasteiger partial charge in [-0.2, -0.15) is 0 Å². The maximum Gasteiger partial charge on any atom is 0.273 e. The fourth-order valence-electron chi connectivity index (χ4n) is 1.60. The maximum absolute atomic E-state index is 10.8. The Morgan fingerprint density at radius 1 is 1.45 bits per heavy atom. The number of hydrogen-bond donors (Lipinski definition) is 1. The summed E-state index contributed by atoms with van der Waals surface area (Å²) >= 11 is 3.27. The predicted molar refractivity (Wildman–Crippen MR) is 75.8 cm³/mol. The lowest BCUT2D eigenvalue weighted by Gasteiger charge is -2.09. The third kappa shape index (κ3) is 3.12. The van der Waals surface area contributed by atoms with E-state index in [-0.39, 0.29) is 12.3 Å². The summed E-state index contributed by atoms with van der Waals surface area (Å²) in [4.78, 5) is 14.4. The van der Waals surface area contributed by atoms with Crippen LogP contribution in [0.1, 0.15) is 11.1 Å². The van der Waals surface area contributed by atoms with Gasteiger partial charge < -0.3 is 9.84 Å². The SMILES string of the molecule is Cc1cc(CO)cnc1Oc1cc([N+](=O)[O-])ccc1Br. The van der Waals surface area contributed by atoms with Crippen LogP contribution in [0.4, 0.5) is 5.69 Å². The molecule has 0 aliphatic carbocycles. The second kappa shape index (κ2) is 5.98. The van der Waals surface area contributed by atoms with Crippen LogP contribution in [-0.4, -0.2) is 15.0 Å². The average Bonchev–Trinajstić information content (AvgIpc) is 2.42. The minimum Gasteiger partial charge on any atom is -0.437 e. The highest BCUT2D eigenvalue weighted by Gasteiger charge is 2.13. The number of rotatable bonds is 4. The fraction of sp³-hybridized carbons (Fsp3) is 0.154. The molecule has 0 aliphatic heterocycles. The lowest BCUT2D eigenvalue weighted by molar-refractivity contribution is -0.384. The van der Waals surface area contributed by atoms with E-state index in [0.29, 0.717) is 21.7 Å². The molecule has 0 aliphatic rings. The molecule has 2 rings (SSSR count). The summed E-state index contributed by atoms with van der Waals surface area (Å²) in [6, 6.07) is 6.00. The highest BCUT2D eigenvalue weighted by atomic mass is 79.9. The topological polar surface area (TPSA) is 85.5 Å².